The number of anilines is 1. The summed E-state index contributed by atoms with van der Waals surface area (Å²) in [5, 5.41) is 1.38. The van der Waals surface area contributed by atoms with Crippen molar-refractivity contribution in [3.63, 3.8) is 0 Å². The summed E-state index contributed by atoms with van der Waals surface area (Å²) in [4.78, 5) is 9.38. The molecule has 0 radical (unpaired) electrons. The lowest BCUT2D eigenvalue weighted by Crippen LogP contribution is -2.47. The molecular formula is C21H26N4O. The highest BCUT2D eigenvalue weighted by Gasteiger charge is 2.20. The summed E-state index contributed by atoms with van der Waals surface area (Å²) in [7, 11) is 3.84. The highest BCUT2D eigenvalue weighted by atomic mass is 16.5. The Bertz CT molecular complexity index is 881. The first kappa shape index (κ1) is 16.9. The summed E-state index contributed by atoms with van der Waals surface area (Å²) in [6.45, 7) is 5.20. The molecule has 0 unspecified atom stereocenters. The minimum absolute atomic E-state index is 0.858. The minimum atomic E-state index is 0.858. The summed E-state index contributed by atoms with van der Waals surface area (Å²) in [5.74, 6) is 1.82. The van der Waals surface area contributed by atoms with Gasteiger partial charge in [0.2, 0.25) is 0 Å². The minimum Gasteiger partial charge on any atom is -0.493 e. The summed E-state index contributed by atoms with van der Waals surface area (Å²) in [5.41, 5.74) is 2.76. The molecule has 0 amide bonds. The van der Waals surface area contributed by atoms with Crippen LogP contribution >= 0.6 is 0 Å². The predicted molar refractivity (Wildman–Crippen MR) is 106 cm³/mol. The quantitative estimate of drug-likeness (QED) is 0.708. The van der Waals surface area contributed by atoms with Gasteiger partial charge in [-0.25, -0.2) is 4.98 Å². The van der Waals surface area contributed by atoms with Gasteiger partial charge >= 0.3 is 0 Å². The van der Waals surface area contributed by atoms with Gasteiger partial charge in [-0.15, -0.1) is 0 Å². The third-order valence-corrected chi connectivity index (χ3v) is 5.32. The Hall–Kier alpha value is -2.53. The van der Waals surface area contributed by atoms with Crippen LogP contribution in [0.2, 0.25) is 0 Å². The van der Waals surface area contributed by atoms with Crippen LogP contribution in [0.5, 0.6) is 5.75 Å². The van der Waals surface area contributed by atoms with E-state index in [1.54, 1.807) is 7.11 Å². The number of rotatable bonds is 5. The molecule has 26 heavy (non-hydrogen) atoms. The predicted octanol–water partition coefficient (Wildman–Crippen LogP) is 2.95. The lowest BCUT2D eigenvalue weighted by atomic mass is 10.1. The molecule has 0 bridgehead atoms. The summed E-state index contributed by atoms with van der Waals surface area (Å²) in [6, 6.07) is 12.6. The third kappa shape index (κ3) is 3.27. The molecule has 3 aromatic rings. The molecule has 4 rings (SSSR count). The molecular weight excluding hydrogens is 324 g/mol. The Labute approximate surface area is 154 Å². The van der Waals surface area contributed by atoms with Crippen LogP contribution in [-0.2, 0) is 13.5 Å². The second-order valence-corrected chi connectivity index (χ2v) is 6.89. The van der Waals surface area contributed by atoms with Crippen LogP contribution in [0.1, 0.15) is 5.56 Å². The fourth-order valence-electron chi connectivity index (χ4n) is 3.87. The van der Waals surface area contributed by atoms with Gasteiger partial charge in [0.15, 0.2) is 11.6 Å². The first-order chi connectivity index (χ1) is 12.8. The number of fused-ring (bicyclic) bond motifs is 1. The summed E-state index contributed by atoms with van der Waals surface area (Å²) in [6.07, 6.45) is 5.21. The molecule has 0 atom stereocenters. The largest absolute Gasteiger partial charge is 0.493 e. The molecule has 1 aliphatic rings. The number of aromatic nitrogens is 2. The molecule has 1 saturated heterocycles. The molecule has 0 N–H and O–H groups in total. The van der Waals surface area contributed by atoms with Crippen molar-refractivity contribution in [2.45, 2.75) is 6.42 Å². The maximum Gasteiger partial charge on any atom is 0.171 e. The second-order valence-electron chi connectivity index (χ2n) is 6.89. The van der Waals surface area contributed by atoms with Gasteiger partial charge < -0.3 is 14.2 Å². The molecule has 1 aromatic carbocycles. The SMILES string of the molecule is COc1cccnc1N1CCN(CCc2cn(C)c3ccccc23)CC1. The van der Waals surface area contributed by atoms with E-state index in [-0.39, 0.29) is 0 Å². The number of nitrogens with zero attached hydrogens (tertiary/aromatic N) is 4. The van der Waals surface area contributed by atoms with Gasteiger partial charge in [0, 0.05) is 63.1 Å². The summed E-state index contributed by atoms with van der Waals surface area (Å²) < 4.78 is 7.69. The zero-order valence-electron chi connectivity index (χ0n) is 15.6. The van der Waals surface area contributed by atoms with Crippen molar-refractivity contribution in [3.8, 4) is 5.75 Å². The lowest BCUT2D eigenvalue weighted by molar-refractivity contribution is 0.259. The summed E-state index contributed by atoms with van der Waals surface area (Å²) >= 11 is 0. The number of piperazine rings is 1. The standard InChI is InChI=1S/C21H26N4O/c1-23-16-17(18-6-3-4-7-19(18)23)9-11-24-12-14-25(15-13-24)21-20(26-2)8-5-10-22-21/h3-8,10,16H,9,11-15H2,1-2H3. The Morgan fingerprint density at radius 3 is 2.65 bits per heavy atom. The van der Waals surface area contributed by atoms with Gasteiger partial charge in [0.25, 0.3) is 0 Å². The number of pyridine rings is 1. The molecule has 0 spiro atoms. The number of benzene rings is 1. The van der Waals surface area contributed by atoms with Gasteiger partial charge in [-0.05, 0) is 30.2 Å². The highest BCUT2D eigenvalue weighted by Crippen LogP contribution is 2.26. The fourth-order valence-corrected chi connectivity index (χ4v) is 3.87. The lowest BCUT2D eigenvalue weighted by Gasteiger charge is -2.35. The number of methoxy groups -OCH3 is 1. The molecule has 2 aromatic heterocycles. The van der Waals surface area contributed by atoms with Gasteiger partial charge in [0.05, 0.1) is 7.11 Å². The van der Waals surface area contributed by atoms with E-state index >= 15 is 0 Å². The van der Waals surface area contributed by atoms with E-state index < -0.39 is 0 Å². The Kier molecular flexibility index (Phi) is 4.80. The normalized spacial score (nSPS) is 15.5. The van der Waals surface area contributed by atoms with Crippen molar-refractivity contribution in [1.82, 2.24) is 14.5 Å². The van der Waals surface area contributed by atoms with Gasteiger partial charge in [-0.2, -0.15) is 0 Å². The average Bonchev–Trinajstić information content (AvgIpc) is 3.03. The Morgan fingerprint density at radius 2 is 1.85 bits per heavy atom. The number of ether oxygens (including phenoxy) is 1. The van der Waals surface area contributed by atoms with E-state index in [1.807, 2.05) is 18.3 Å². The molecule has 5 nitrogen and oxygen atoms in total. The van der Waals surface area contributed by atoms with E-state index in [4.69, 9.17) is 4.74 Å². The highest BCUT2D eigenvalue weighted by molar-refractivity contribution is 5.83. The van der Waals surface area contributed by atoms with Gasteiger partial charge in [0.1, 0.15) is 0 Å². The monoisotopic (exact) mass is 350 g/mol. The first-order valence-corrected chi connectivity index (χ1v) is 9.25. The van der Waals surface area contributed by atoms with Crippen molar-refractivity contribution < 1.29 is 4.74 Å². The smallest absolute Gasteiger partial charge is 0.171 e. The fraction of sp³-hybridized carbons (Fsp3) is 0.381. The third-order valence-electron chi connectivity index (χ3n) is 5.32. The topological polar surface area (TPSA) is 33.5 Å². The van der Waals surface area contributed by atoms with Crippen molar-refractivity contribution >= 4 is 16.7 Å². The van der Waals surface area contributed by atoms with Crippen molar-refractivity contribution in [1.29, 1.82) is 0 Å². The maximum absolute atomic E-state index is 5.45. The van der Waals surface area contributed by atoms with Crippen LogP contribution in [-0.4, -0.2) is 54.3 Å². The maximum atomic E-state index is 5.45. The zero-order valence-corrected chi connectivity index (χ0v) is 15.6. The van der Waals surface area contributed by atoms with E-state index in [0.29, 0.717) is 0 Å². The van der Waals surface area contributed by atoms with Crippen molar-refractivity contribution in [2.75, 3.05) is 44.7 Å². The van der Waals surface area contributed by atoms with Crippen molar-refractivity contribution in [3.05, 3.63) is 54.4 Å². The molecule has 1 aliphatic heterocycles. The zero-order chi connectivity index (χ0) is 17.9. The van der Waals surface area contributed by atoms with Gasteiger partial charge in [-0.3, -0.25) is 4.90 Å². The molecule has 136 valence electrons. The number of aryl methyl sites for hydroxylation is 1. The van der Waals surface area contributed by atoms with Crippen molar-refractivity contribution in [2.24, 2.45) is 7.05 Å². The van der Waals surface area contributed by atoms with Crippen LogP contribution < -0.4 is 9.64 Å². The van der Waals surface area contributed by atoms with E-state index in [9.17, 15) is 0 Å². The first-order valence-electron chi connectivity index (χ1n) is 9.25. The van der Waals surface area contributed by atoms with Crippen LogP contribution in [0.4, 0.5) is 5.82 Å². The molecule has 0 aliphatic carbocycles. The molecule has 5 heteroatoms. The van der Waals surface area contributed by atoms with Crippen LogP contribution in [0.25, 0.3) is 10.9 Å². The number of para-hydroxylation sites is 1. The molecule has 1 fully saturated rings. The van der Waals surface area contributed by atoms with Crippen LogP contribution in [0, 0.1) is 0 Å². The number of hydrogen-bond acceptors (Lipinski definition) is 4. The molecule has 0 saturated carbocycles. The van der Waals surface area contributed by atoms with Crippen LogP contribution in [0.15, 0.2) is 48.8 Å². The van der Waals surface area contributed by atoms with E-state index in [2.05, 4.69) is 56.9 Å². The van der Waals surface area contributed by atoms with Crippen LogP contribution in [0.3, 0.4) is 0 Å². The van der Waals surface area contributed by atoms with Gasteiger partial charge in [-0.1, -0.05) is 18.2 Å². The second kappa shape index (κ2) is 7.38. The Balaban J connectivity index is 1.37. The van der Waals surface area contributed by atoms with E-state index in [1.165, 1.54) is 16.5 Å². The average molecular weight is 350 g/mol. The molecule has 3 heterocycles. The van der Waals surface area contributed by atoms with E-state index in [0.717, 1.165) is 50.7 Å². The number of hydrogen-bond donors (Lipinski definition) is 0. The Morgan fingerprint density at radius 1 is 1.04 bits per heavy atom.